The number of benzene rings is 1. The molecule has 0 amide bonds. The Morgan fingerprint density at radius 1 is 1.19 bits per heavy atom. The van der Waals surface area contributed by atoms with Gasteiger partial charge < -0.3 is 0 Å². The number of allylic oxidation sites excluding steroid dienone is 1. The topological polar surface area (TPSA) is 25.8 Å². The monoisotopic (exact) mass is 214 g/mol. The lowest BCUT2D eigenvalue weighted by Crippen LogP contribution is -1.89. The minimum absolute atomic E-state index is 0.261. The molecule has 0 radical (unpaired) electrons. The molecule has 0 aliphatic carbocycles. The summed E-state index contributed by atoms with van der Waals surface area (Å²) in [4.78, 5) is 8.14. The van der Waals surface area contributed by atoms with Gasteiger partial charge in [0, 0.05) is 23.5 Å². The molecule has 1 heterocycles. The van der Waals surface area contributed by atoms with E-state index < -0.39 is 0 Å². The molecule has 0 bridgehead atoms. The van der Waals surface area contributed by atoms with Gasteiger partial charge in [-0.2, -0.15) is 0 Å². The number of hydrogen-bond donors (Lipinski definition) is 0. The first-order valence-electron chi connectivity index (χ1n) is 5.01. The van der Waals surface area contributed by atoms with Crippen molar-refractivity contribution in [1.29, 1.82) is 0 Å². The largest absolute Gasteiger partial charge is 0.237 e. The van der Waals surface area contributed by atoms with E-state index in [9.17, 15) is 4.39 Å². The zero-order chi connectivity index (χ0) is 11.4. The second kappa shape index (κ2) is 4.66. The Bertz CT molecular complexity index is 507. The molecule has 0 atom stereocenters. The molecule has 0 saturated heterocycles. The van der Waals surface area contributed by atoms with Gasteiger partial charge in [0.05, 0.1) is 0 Å². The second-order valence-corrected chi connectivity index (χ2v) is 3.31. The molecule has 0 spiro atoms. The van der Waals surface area contributed by atoms with Gasteiger partial charge >= 0.3 is 0 Å². The van der Waals surface area contributed by atoms with Crippen LogP contribution in [-0.2, 0) is 0 Å². The maximum absolute atomic E-state index is 13.6. The van der Waals surface area contributed by atoms with Gasteiger partial charge in [-0.15, -0.1) is 0 Å². The third-order valence-corrected chi connectivity index (χ3v) is 2.17. The molecule has 2 aromatic rings. The maximum atomic E-state index is 13.6. The van der Waals surface area contributed by atoms with Crippen LogP contribution >= 0.6 is 0 Å². The highest BCUT2D eigenvalue weighted by atomic mass is 19.1. The molecule has 0 fully saturated rings. The second-order valence-electron chi connectivity index (χ2n) is 3.31. The molecule has 16 heavy (non-hydrogen) atoms. The molecule has 1 aromatic carbocycles. The number of halogens is 1. The van der Waals surface area contributed by atoms with Gasteiger partial charge in [-0.05, 0) is 19.1 Å². The Kier molecular flexibility index (Phi) is 3.05. The molecule has 3 heteroatoms. The molecule has 2 nitrogen and oxygen atoms in total. The Balaban J connectivity index is 2.42. The molecule has 2 rings (SSSR count). The summed E-state index contributed by atoms with van der Waals surface area (Å²) in [5, 5.41) is 0. The van der Waals surface area contributed by atoms with Crippen molar-refractivity contribution in [1.82, 2.24) is 9.97 Å². The molecule has 0 aliphatic rings. The van der Waals surface area contributed by atoms with Crippen molar-refractivity contribution in [3.8, 4) is 11.4 Å². The highest BCUT2D eigenvalue weighted by molar-refractivity contribution is 5.60. The highest BCUT2D eigenvalue weighted by Gasteiger charge is 2.04. The van der Waals surface area contributed by atoms with Gasteiger partial charge in [-0.25, -0.2) is 14.4 Å². The summed E-state index contributed by atoms with van der Waals surface area (Å²) in [5.41, 5.74) is 1.26. The Labute approximate surface area is 93.5 Å². The highest BCUT2D eigenvalue weighted by Crippen LogP contribution is 2.18. The van der Waals surface area contributed by atoms with Crippen LogP contribution in [0.1, 0.15) is 12.5 Å². The van der Waals surface area contributed by atoms with Crippen molar-refractivity contribution >= 4 is 6.08 Å². The summed E-state index contributed by atoms with van der Waals surface area (Å²) in [6, 6.07) is 6.72. The zero-order valence-corrected chi connectivity index (χ0v) is 8.89. The summed E-state index contributed by atoms with van der Waals surface area (Å²) in [5.74, 6) is 0.275. The fourth-order valence-electron chi connectivity index (χ4n) is 1.43. The summed E-state index contributed by atoms with van der Waals surface area (Å²) in [6.07, 6.45) is 6.81. The summed E-state index contributed by atoms with van der Waals surface area (Å²) in [7, 11) is 0. The molecular weight excluding hydrogens is 203 g/mol. The number of hydrogen-bond acceptors (Lipinski definition) is 2. The van der Waals surface area contributed by atoms with E-state index in [0.29, 0.717) is 17.0 Å². The van der Waals surface area contributed by atoms with Crippen LogP contribution in [0.25, 0.3) is 17.5 Å². The maximum Gasteiger partial charge on any atom is 0.159 e. The Morgan fingerprint density at radius 3 is 2.56 bits per heavy atom. The van der Waals surface area contributed by atoms with E-state index >= 15 is 0 Å². The average molecular weight is 214 g/mol. The first-order chi connectivity index (χ1) is 7.81. The van der Waals surface area contributed by atoms with Crippen LogP contribution in [0, 0.1) is 5.82 Å². The lowest BCUT2D eigenvalue weighted by molar-refractivity contribution is 0.625. The Morgan fingerprint density at radius 2 is 1.94 bits per heavy atom. The van der Waals surface area contributed by atoms with Gasteiger partial charge in [0.2, 0.25) is 0 Å². The van der Waals surface area contributed by atoms with Crippen LogP contribution in [0.3, 0.4) is 0 Å². The first kappa shape index (κ1) is 10.5. The summed E-state index contributed by atoms with van der Waals surface area (Å²) < 4.78 is 13.6. The van der Waals surface area contributed by atoms with Crippen LogP contribution in [0.2, 0.25) is 0 Å². The lowest BCUT2D eigenvalue weighted by atomic mass is 10.1. The zero-order valence-electron chi connectivity index (χ0n) is 8.89. The van der Waals surface area contributed by atoms with E-state index in [0.717, 1.165) is 0 Å². The average Bonchev–Trinajstić information content (AvgIpc) is 2.33. The fraction of sp³-hybridized carbons (Fsp3) is 0.0769. The third-order valence-electron chi connectivity index (χ3n) is 2.17. The molecule has 1 aromatic heterocycles. The van der Waals surface area contributed by atoms with Crippen LogP contribution in [0.15, 0.2) is 42.7 Å². The molecule has 0 N–H and O–H groups in total. The predicted octanol–water partition coefficient (Wildman–Crippen LogP) is 3.32. The van der Waals surface area contributed by atoms with Crippen molar-refractivity contribution in [2.24, 2.45) is 0 Å². The van der Waals surface area contributed by atoms with Gasteiger partial charge in [0.25, 0.3) is 0 Å². The third kappa shape index (κ3) is 2.14. The fourth-order valence-corrected chi connectivity index (χ4v) is 1.43. The van der Waals surface area contributed by atoms with E-state index in [1.807, 2.05) is 13.0 Å². The molecule has 0 aliphatic heterocycles. The van der Waals surface area contributed by atoms with Crippen LogP contribution in [0.5, 0.6) is 0 Å². The minimum Gasteiger partial charge on any atom is -0.237 e. The summed E-state index contributed by atoms with van der Waals surface area (Å²) >= 11 is 0. The number of nitrogens with zero attached hydrogens (tertiary/aromatic N) is 2. The lowest BCUT2D eigenvalue weighted by Gasteiger charge is -2.01. The standard InChI is InChI=1S/C13H11FN2/c1-2-4-10-5-6-11(9-12(10)14)13-15-7-3-8-16-13/h2-9H,1H3/b4-2+. The van der Waals surface area contributed by atoms with E-state index in [-0.39, 0.29) is 5.82 Å². The van der Waals surface area contributed by atoms with Crippen LogP contribution in [0.4, 0.5) is 4.39 Å². The number of aromatic nitrogens is 2. The van der Waals surface area contributed by atoms with E-state index in [4.69, 9.17) is 0 Å². The summed E-state index contributed by atoms with van der Waals surface area (Å²) in [6.45, 7) is 1.85. The van der Waals surface area contributed by atoms with E-state index in [1.165, 1.54) is 6.07 Å². The molecule has 80 valence electrons. The van der Waals surface area contributed by atoms with Crippen molar-refractivity contribution in [3.05, 3.63) is 54.1 Å². The SMILES string of the molecule is C/C=C/c1ccc(-c2ncccn2)cc1F. The van der Waals surface area contributed by atoms with Crippen molar-refractivity contribution in [2.75, 3.05) is 0 Å². The van der Waals surface area contributed by atoms with E-state index in [2.05, 4.69) is 9.97 Å². The van der Waals surface area contributed by atoms with Gasteiger partial charge in [-0.1, -0.05) is 24.3 Å². The molecule has 0 saturated carbocycles. The van der Waals surface area contributed by atoms with Crippen LogP contribution < -0.4 is 0 Å². The predicted molar refractivity (Wildman–Crippen MR) is 62.1 cm³/mol. The van der Waals surface area contributed by atoms with Crippen molar-refractivity contribution in [2.45, 2.75) is 6.92 Å². The first-order valence-corrected chi connectivity index (χ1v) is 5.01. The van der Waals surface area contributed by atoms with E-state index in [1.54, 1.807) is 36.7 Å². The van der Waals surface area contributed by atoms with Crippen molar-refractivity contribution < 1.29 is 4.39 Å². The number of rotatable bonds is 2. The van der Waals surface area contributed by atoms with Gasteiger partial charge in [-0.3, -0.25) is 0 Å². The van der Waals surface area contributed by atoms with Crippen LogP contribution in [-0.4, -0.2) is 9.97 Å². The normalized spacial score (nSPS) is 10.9. The molecule has 0 unspecified atom stereocenters. The van der Waals surface area contributed by atoms with Gasteiger partial charge in [0.15, 0.2) is 5.82 Å². The molecular formula is C13H11FN2. The quantitative estimate of drug-likeness (QED) is 0.766. The minimum atomic E-state index is -0.261. The van der Waals surface area contributed by atoms with Crippen molar-refractivity contribution in [3.63, 3.8) is 0 Å². The smallest absolute Gasteiger partial charge is 0.159 e. The Hall–Kier alpha value is -2.03. The van der Waals surface area contributed by atoms with Gasteiger partial charge in [0.1, 0.15) is 5.82 Å².